The van der Waals surface area contributed by atoms with Gasteiger partial charge in [-0.3, -0.25) is 4.79 Å². The Morgan fingerprint density at radius 2 is 1.71 bits per heavy atom. The number of esters is 1. The highest BCUT2D eigenvalue weighted by molar-refractivity contribution is 5.69. The van der Waals surface area contributed by atoms with Crippen LogP contribution in [0.1, 0.15) is 90.9 Å². The van der Waals surface area contributed by atoms with E-state index in [9.17, 15) is 4.79 Å². The van der Waals surface area contributed by atoms with Gasteiger partial charge in [-0.2, -0.15) is 0 Å². The number of hydrogen-bond acceptors (Lipinski definition) is 2. The van der Waals surface area contributed by atoms with Crippen molar-refractivity contribution in [3.05, 3.63) is 0 Å². The smallest absolute Gasteiger partial charge is 0.306 e. The van der Waals surface area contributed by atoms with Gasteiger partial charge in [-0.05, 0) is 56.3 Å². The third-order valence-corrected chi connectivity index (χ3v) is 5.73. The maximum absolute atomic E-state index is 12.1. The van der Waals surface area contributed by atoms with Crippen LogP contribution in [0, 0.1) is 17.8 Å². The van der Waals surface area contributed by atoms with Crippen LogP contribution in [0.15, 0.2) is 0 Å². The summed E-state index contributed by atoms with van der Waals surface area (Å²) < 4.78 is 5.67. The van der Waals surface area contributed by atoms with E-state index in [2.05, 4.69) is 13.8 Å². The topological polar surface area (TPSA) is 26.3 Å². The number of carbonyl (C=O) groups excluding carboxylic acids is 1. The van der Waals surface area contributed by atoms with E-state index in [1.807, 2.05) is 0 Å². The molecule has 0 aromatic carbocycles. The van der Waals surface area contributed by atoms with Gasteiger partial charge in [0.1, 0.15) is 6.10 Å². The van der Waals surface area contributed by atoms with E-state index >= 15 is 0 Å². The van der Waals surface area contributed by atoms with Crippen LogP contribution in [0.3, 0.4) is 0 Å². The molecule has 0 aromatic heterocycles. The molecule has 2 aliphatic rings. The summed E-state index contributed by atoms with van der Waals surface area (Å²) in [7, 11) is 0. The van der Waals surface area contributed by atoms with E-state index in [0.717, 1.165) is 24.7 Å². The number of hydrogen-bond donors (Lipinski definition) is 0. The summed E-state index contributed by atoms with van der Waals surface area (Å²) in [4.78, 5) is 12.1. The first kappa shape index (κ1) is 16.8. The van der Waals surface area contributed by atoms with Gasteiger partial charge in [0.25, 0.3) is 0 Å². The summed E-state index contributed by atoms with van der Waals surface area (Å²) in [5.74, 6) is 2.26. The van der Waals surface area contributed by atoms with Gasteiger partial charge in [-0.25, -0.2) is 0 Å². The maximum Gasteiger partial charge on any atom is 0.306 e. The largest absolute Gasteiger partial charge is 0.462 e. The van der Waals surface area contributed by atoms with Crippen molar-refractivity contribution >= 4 is 5.97 Å². The molecule has 0 bridgehead atoms. The SMILES string of the molecule is CCCC1CCC(C(C)CC(=O)OC2CCCCC2)CC1. The van der Waals surface area contributed by atoms with Crippen molar-refractivity contribution in [2.24, 2.45) is 17.8 Å². The lowest BCUT2D eigenvalue weighted by Crippen LogP contribution is -2.25. The Bertz CT molecular complexity index is 299. The molecule has 21 heavy (non-hydrogen) atoms. The minimum atomic E-state index is 0.0603. The average molecular weight is 294 g/mol. The second kappa shape index (κ2) is 8.80. The van der Waals surface area contributed by atoms with Gasteiger partial charge in [-0.15, -0.1) is 0 Å². The van der Waals surface area contributed by atoms with E-state index < -0.39 is 0 Å². The Kier molecular flexibility index (Phi) is 7.06. The molecular weight excluding hydrogens is 260 g/mol. The first-order valence-corrected chi connectivity index (χ1v) is 9.38. The third-order valence-electron chi connectivity index (χ3n) is 5.73. The first-order valence-electron chi connectivity index (χ1n) is 9.38. The fraction of sp³-hybridized carbons (Fsp3) is 0.947. The van der Waals surface area contributed by atoms with Crippen LogP contribution in [0.5, 0.6) is 0 Å². The van der Waals surface area contributed by atoms with Gasteiger partial charge in [0.15, 0.2) is 0 Å². The van der Waals surface area contributed by atoms with Crippen LogP contribution in [-0.4, -0.2) is 12.1 Å². The van der Waals surface area contributed by atoms with E-state index in [0.29, 0.717) is 12.3 Å². The number of rotatable bonds is 6. The molecule has 1 atom stereocenters. The fourth-order valence-electron chi connectivity index (χ4n) is 4.30. The molecule has 0 saturated heterocycles. The van der Waals surface area contributed by atoms with Gasteiger partial charge < -0.3 is 4.74 Å². The van der Waals surface area contributed by atoms with Gasteiger partial charge in [0, 0.05) is 6.42 Å². The zero-order valence-corrected chi connectivity index (χ0v) is 14.1. The van der Waals surface area contributed by atoms with Crippen LogP contribution in [0.25, 0.3) is 0 Å². The Hall–Kier alpha value is -0.530. The minimum Gasteiger partial charge on any atom is -0.462 e. The quantitative estimate of drug-likeness (QED) is 0.605. The van der Waals surface area contributed by atoms with Crippen molar-refractivity contribution in [1.29, 1.82) is 0 Å². The first-order chi connectivity index (χ1) is 10.2. The van der Waals surface area contributed by atoms with Crippen molar-refractivity contribution in [3.8, 4) is 0 Å². The summed E-state index contributed by atoms with van der Waals surface area (Å²) in [5, 5.41) is 0. The molecule has 2 rings (SSSR count). The van der Waals surface area contributed by atoms with E-state index in [1.165, 1.54) is 57.8 Å². The predicted molar refractivity (Wildman–Crippen MR) is 87.1 cm³/mol. The molecule has 2 fully saturated rings. The molecule has 2 aliphatic carbocycles. The molecule has 0 aromatic rings. The standard InChI is InChI=1S/C19H34O2/c1-3-7-16-10-12-17(13-11-16)15(2)14-19(20)21-18-8-5-4-6-9-18/h15-18H,3-14H2,1-2H3. The zero-order valence-electron chi connectivity index (χ0n) is 14.1. The summed E-state index contributed by atoms with van der Waals surface area (Å²) in [6.07, 6.45) is 14.9. The van der Waals surface area contributed by atoms with Crippen LogP contribution in [-0.2, 0) is 9.53 Å². The Morgan fingerprint density at radius 1 is 1.05 bits per heavy atom. The molecule has 0 radical (unpaired) electrons. The normalized spacial score (nSPS) is 29.0. The Balaban J connectivity index is 1.66. The van der Waals surface area contributed by atoms with Crippen molar-refractivity contribution in [2.75, 3.05) is 0 Å². The highest BCUT2D eigenvalue weighted by Gasteiger charge is 2.27. The maximum atomic E-state index is 12.1. The molecule has 0 heterocycles. The summed E-state index contributed by atoms with van der Waals surface area (Å²) in [6.45, 7) is 4.54. The molecule has 1 unspecified atom stereocenters. The van der Waals surface area contributed by atoms with E-state index in [-0.39, 0.29) is 12.1 Å². The van der Waals surface area contributed by atoms with Crippen molar-refractivity contribution in [1.82, 2.24) is 0 Å². The molecule has 2 heteroatoms. The average Bonchev–Trinajstić information content (AvgIpc) is 2.49. The van der Waals surface area contributed by atoms with E-state index in [1.54, 1.807) is 0 Å². The van der Waals surface area contributed by atoms with Crippen LogP contribution >= 0.6 is 0 Å². The predicted octanol–water partition coefficient (Wildman–Crippen LogP) is 5.50. The number of ether oxygens (including phenoxy) is 1. The zero-order chi connectivity index (χ0) is 15.1. The van der Waals surface area contributed by atoms with E-state index in [4.69, 9.17) is 4.74 Å². The number of carbonyl (C=O) groups is 1. The third kappa shape index (κ3) is 5.64. The Morgan fingerprint density at radius 3 is 2.33 bits per heavy atom. The second-order valence-corrected chi connectivity index (χ2v) is 7.50. The molecule has 0 spiro atoms. The monoisotopic (exact) mass is 294 g/mol. The highest BCUT2D eigenvalue weighted by atomic mass is 16.5. The second-order valence-electron chi connectivity index (χ2n) is 7.50. The van der Waals surface area contributed by atoms with Crippen LogP contribution in [0.2, 0.25) is 0 Å². The lowest BCUT2D eigenvalue weighted by molar-refractivity contribution is -0.152. The van der Waals surface area contributed by atoms with Gasteiger partial charge >= 0.3 is 5.97 Å². The molecule has 0 amide bonds. The van der Waals surface area contributed by atoms with Gasteiger partial charge in [0.05, 0.1) is 0 Å². The van der Waals surface area contributed by atoms with Crippen LogP contribution < -0.4 is 0 Å². The van der Waals surface area contributed by atoms with Crippen molar-refractivity contribution in [3.63, 3.8) is 0 Å². The van der Waals surface area contributed by atoms with Gasteiger partial charge in [0.2, 0.25) is 0 Å². The molecule has 0 aliphatic heterocycles. The Labute approximate surface area is 131 Å². The lowest BCUT2D eigenvalue weighted by Gasteiger charge is -2.32. The highest BCUT2D eigenvalue weighted by Crippen LogP contribution is 2.36. The summed E-state index contributed by atoms with van der Waals surface area (Å²) in [6, 6.07) is 0. The molecule has 2 saturated carbocycles. The molecule has 122 valence electrons. The minimum absolute atomic E-state index is 0.0603. The molecular formula is C19H34O2. The molecule has 0 N–H and O–H groups in total. The van der Waals surface area contributed by atoms with Gasteiger partial charge in [-0.1, -0.05) is 46.0 Å². The van der Waals surface area contributed by atoms with Crippen molar-refractivity contribution in [2.45, 2.75) is 97.0 Å². The fourth-order valence-corrected chi connectivity index (χ4v) is 4.30. The van der Waals surface area contributed by atoms with Crippen LogP contribution in [0.4, 0.5) is 0 Å². The lowest BCUT2D eigenvalue weighted by atomic mass is 9.74. The summed E-state index contributed by atoms with van der Waals surface area (Å²) in [5.41, 5.74) is 0. The van der Waals surface area contributed by atoms with Crippen molar-refractivity contribution < 1.29 is 9.53 Å². The molecule has 2 nitrogen and oxygen atoms in total. The summed E-state index contributed by atoms with van der Waals surface area (Å²) >= 11 is 0.